The number of nitrogens with zero attached hydrogens (tertiary/aromatic N) is 1. The average molecular weight is 278 g/mol. The third-order valence-electron chi connectivity index (χ3n) is 3.71. The maximum absolute atomic E-state index is 6.44. The largest absolute Gasteiger partial charge is 0.496 e. The number of hydrogen-bond acceptors (Lipinski definition) is 3. The third-order valence-corrected chi connectivity index (χ3v) is 3.71. The molecule has 0 fully saturated rings. The van der Waals surface area contributed by atoms with Gasteiger partial charge in [-0.3, -0.25) is 4.98 Å². The van der Waals surface area contributed by atoms with Crippen molar-refractivity contribution in [2.75, 3.05) is 7.11 Å². The van der Waals surface area contributed by atoms with Crippen molar-refractivity contribution in [3.63, 3.8) is 0 Å². The van der Waals surface area contributed by atoms with Gasteiger partial charge in [0, 0.05) is 17.1 Å². The molecule has 1 unspecified atom stereocenters. The molecule has 3 aromatic rings. The number of hydrogen-bond donors (Lipinski definition) is 1. The number of aryl methyl sites for hydroxylation is 1. The van der Waals surface area contributed by atoms with E-state index in [1.807, 2.05) is 30.3 Å². The molecule has 3 nitrogen and oxygen atoms in total. The van der Waals surface area contributed by atoms with Crippen LogP contribution in [-0.4, -0.2) is 12.1 Å². The molecule has 3 heteroatoms. The fourth-order valence-electron chi connectivity index (χ4n) is 2.55. The Hall–Kier alpha value is -2.39. The van der Waals surface area contributed by atoms with E-state index in [1.165, 1.54) is 5.56 Å². The van der Waals surface area contributed by atoms with Crippen molar-refractivity contribution in [1.29, 1.82) is 0 Å². The summed E-state index contributed by atoms with van der Waals surface area (Å²) in [5.74, 6) is 0.814. The predicted molar refractivity (Wildman–Crippen MR) is 85.5 cm³/mol. The molecule has 21 heavy (non-hydrogen) atoms. The Morgan fingerprint density at radius 3 is 2.76 bits per heavy atom. The number of methoxy groups -OCH3 is 1. The van der Waals surface area contributed by atoms with Crippen LogP contribution in [0.4, 0.5) is 0 Å². The summed E-state index contributed by atoms with van der Waals surface area (Å²) >= 11 is 0. The van der Waals surface area contributed by atoms with E-state index in [-0.39, 0.29) is 6.04 Å². The Labute approximate surface area is 124 Å². The van der Waals surface area contributed by atoms with Crippen LogP contribution in [0.15, 0.2) is 54.7 Å². The molecule has 0 saturated carbocycles. The summed E-state index contributed by atoms with van der Waals surface area (Å²) in [5, 5.41) is 1.12. The van der Waals surface area contributed by atoms with Crippen LogP contribution >= 0.6 is 0 Å². The zero-order chi connectivity index (χ0) is 14.8. The predicted octanol–water partition coefficient (Wildman–Crippen LogP) is 3.60. The van der Waals surface area contributed by atoms with Crippen molar-refractivity contribution in [1.82, 2.24) is 4.98 Å². The lowest BCUT2D eigenvalue weighted by Crippen LogP contribution is -2.13. The topological polar surface area (TPSA) is 48.1 Å². The highest BCUT2D eigenvalue weighted by Gasteiger charge is 2.14. The molecule has 1 heterocycles. The Morgan fingerprint density at radius 2 is 1.95 bits per heavy atom. The number of rotatable bonds is 3. The van der Waals surface area contributed by atoms with Crippen LogP contribution in [0.2, 0.25) is 0 Å². The van der Waals surface area contributed by atoms with Gasteiger partial charge in [-0.25, -0.2) is 0 Å². The molecule has 2 N–H and O–H groups in total. The SMILES string of the molecule is COc1ccc(C)cc1C(N)c1ccc2cccnc2c1. The number of aromatic nitrogens is 1. The number of ether oxygens (including phenoxy) is 1. The average Bonchev–Trinajstić information content (AvgIpc) is 2.53. The van der Waals surface area contributed by atoms with Crippen molar-refractivity contribution >= 4 is 10.9 Å². The minimum absolute atomic E-state index is 0.230. The molecule has 0 spiro atoms. The van der Waals surface area contributed by atoms with E-state index in [0.29, 0.717) is 0 Å². The first kappa shape index (κ1) is 13.6. The maximum atomic E-state index is 6.44. The van der Waals surface area contributed by atoms with Crippen LogP contribution in [0.5, 0.6) is 5.75 Å². The van der Waals surface area contributed by atoms with Crippen molar-refractivity contribution in [3.8, 4) is 5.75 Å². The molecule has 1 aromatic heterocycles. The third kappa shape index (κ3) is 2.60. The maximum Gasteiger partial charge on any atom is 0.123 e. The van der Waals surface area contributed by atoms with Gasteiger partial charge in [0.05, 0.1) is 18.7 Å². The molecule has 2 aromatic carbocycles. The van der Waals surface area contributed by atoms with Crippen LogP contribution in [0.25, 0.3) is 10.9 Å². The standard InChI is InChI=1S/C18H18N2O/c1-12-5-8-17(21-2)15(10-12)18(19)14-7-6-13-4-3-9-20-16(13)11-14/h3-11,18H,19H2,1-2H3. The molecule has 0 aliphatic heterocycles. The summed E-state index contributed by atoms with van der Waals surface area (Å²) in [6.07, 6.45) is 1.80. The van der Waals surface area contributed by atoms with Gasteiger partial charge in [0.2, 0.25) is 0 Å². The van der Waals surface area contributed by atoms with Crippen LogP contribution in [0, 0.1) is 6.92 Å². The van der Waals surface area contributed by atoms with E-state index >= 15 is 0 Å². The van der Waals surface area contributed by atoms with E-state index in [4.69, 9.17) is 10.5 Å². The quantitative estimate of drug-likeness (QED) is 0.796. The van der Waals surface area contributed by atoms with E-state index in [2.05, 4.69) is 30.1 Å². The monoisotopic (exact) mass is 278 g/mol. The van der Waals surface area contributed by atoms with E-state index in [1.54, 1.807) is 13.3 Å². The lowest BCUT2D eigenvalue weighted by Gasteiger charge is -2.17. The van der Waals surface area contributed by atoms with Crippen LogP contribution < -0.4 is 10.5 Å². The van der Waals surface area contributed by atoms with E-state index < -0.39 is 0 Å². The van der Waals surface area contributed by atoms with Gasteiger partial charge in [-0.2, -0.15) is 0 Å². The lowest BCUT2D eigenvalue weighted by atomic mass is 9.96. The lowest BCUT2D eigenvalue weighted by molar-refractivity contribution is 0.407. The first-order valence-electron chi connectivity index (χ1n) is 6.94. The molecular weight excluding hydrogens is 260 g/mol. The second-order valence-electron chi connectivity index (χ2n) is 5.18. The van der Waals surface area contributed by atoms with Crippen molar-refractivity contribution in [2.45, 2.75) is 13.0 Å². The summed E-state index contributed by atoms with van der Waals surface area (Å²) in [5.41, 5.74) is 10.6. The summed E-state index contributed by atoms with van der Waals surface area (Å²) in [6.45, 7) is 2.05. The highest BCUT2D eigenvalue weighted by molar-refractivity contribution is 5.79. The van der Waals surface area contributed by atoms with Crippen molar-refractivity contribution < 1.29 is 4.74 Å². The number of nitrogens with two attached hydrogens (primary N) is 1. The fraction of sp³-hybridized carbons (Fsp3) is 0.167. The zero-order valence-electron chi connectivity index (χ0n) is 12.2. The first-order valence-corrected chi connectivity index (χ1v) is 6.94. The molecule has 106 valence electrons. The van der Waals surface area contributed by atoms with Gasteiger partial charge >= 0.3 is 0 Å². The van der Waals surface area contributed by atoms with Gasteiger partial charge in [0.1, 0.15) is 5.75 Å². The Bertz CT molecular complexity index is 783. The summed E-state index contributed by atoms with van der Waals surface area (Å²) in [4.78, 5) is 4.39. The van der Waals surface area contributed by atoms with E-state index in [0.717, 1.165) is 27.8 Å². The molecule has 0 aliphatic rings. The van der Waals surface area contributed by atoms with Gasteiger partial charge in [-0.1, -0.05) is 35.9 Å². The second kappa shape index (κ2) is 5.54. The molecule has 0 saturated heterocycles. The Balaban J connectivity index is 2.07. The Morgan fingerprint density at radius 1 is 1.10 bits per heavy atom. The second-order valence-corrected chi connectivity index (χ2v) is 5.18. The summed E-state index contributed by atoms with van der Waals surface area (Å²) in [7, 11) is 1.67. The number of benzene rings is 2. The van der Waals surface area contributed by atoms with Gasteiger partial charge in [-0.15, -0.1) is 0 Å². The molecule has 0 radical (unpaired) electrons. The number of pyridine rings is 1. The first-order chi connectivity index (χ1) is 10.2. The van der Waals surface area contributed by atoms with Crippen LogP contribution in [-0.2, 0) is 0 Å². The summed E-state index contributed by atoms with van der Waals surface area (Å²) in [6, 6.07) is 16.0. The smallest absolute Gasteiger partial charge is 0.123 e. The fourth-order valence-corrected chi connectivity index (χ4v) is 2.55. The molecule has 0 amide bonds. The van der Waals surface area contributed by atoms with Crippen LogP contribution in [0.1, 0.15) is 22.7 Å². The zero-order valence-corrected chi connectivity index (χ0v) is 12.2. The van der Waals surface area contributed by atoms with Crippen LogP contribution in [0.3, 0.4) is 0 Å². The van der Waals surface area contributed by atoms with Crippen molar-refractivity contribution in [3.05, 3.63) is 71.4 Å². The van der Waals surface area contributed by atoms with Gasteiger partial charge in [0.15, 0.2) is 0 Å². The van der Waals surface area contributed by atoms with Gasteiger partial charge in [-0.05, 0) is 30.7 Å². The molecule has 0 aliphatic carbocycles. The van der Waals surface area contributed by atoms with Gasteiger partial charge < -0.3 is 10.5 Å². The summed E-state index contributed by atoms with van der Waals surface area (Å²) < 4.78 is 5.43. The van der Waals surface area contributed by atoms with Crippen molar-refractivity contribution in [2.24, 2.45) is 5.73 Å². The van der Waals surface area contributed by atoms with Gasteiger partial charge in [0.25, 0.3) is 0 Å². The molecule has 1 atom stereocenters. The minimum atomic E-state index is -0.230. The molecule has 3 rings (SSSR count). The number of fused-ring (bicyclic) bond motifs is 1. The highest BCUT2D eigenvalue weighted by Crippen LogP contribution is 2.30. The highest BCUT2D eigenvalue weighted by atomic mass is 16.5. The van der Waals surface area contributed by atoms with E-state index in [9.17, 15) is 0 Å². The Kier molecular flexibility index (Phi) is 3.59. The molecular formula is C18H18N2O. The normalized spacial score (nSPS) is 12.3. The minimum Gasteiger partial charge on any atom is -0.496 e. The molecule has 0 bridgehead atoms.